The van der Waals surface area contributed by atoms with Crippen LogP contribution in [0.1, 0.15) is 18.1 Å². The number of hydrogen-bond acceptors (Lipinski definition) is 4. The Bertz CT molecular complexity index is 1010. The number of aryl methyl sites for hydroxylation is 1. The summed E-state index contributed by atoms with van der Waals surface area (Å²) in [4.78, 5) is 12.7. The lowest BCUT2D eigenvalue weighted by Gasteiger charge is -2.30. The number of nitrogens with zero attached hydrogens (tertiary/aromatic N) is 1. The molecule has 0 aliphatic heterocycles. The van der Waals surface area contributed by atoms with E-state index in [0.717, 1.165) is 22.7 Å². The fourth-order valence-electron chi connectivity index (χ4n) is 2.83. The van der Waals surface area contributed by atoms with Crippen molar-refractivity contribution in [1.82, 2.24) is 0 Å². The summed E-state index contributed by atoms with van der Waals surface area (Å²) in [6.07, 6.45) is -3.77. The number of para-hydroxylation sites is 1. The minimum Gasteiger partial charge on any atom is -0.495 e. The van der Waals surface area contributed by atoms with Crippen molar-refractivity contribution in [3.63, 3.8) is 0 Å². The van der Waals surface area contributed by atoms with Crippen molar-refractivity contribution in [3.05, 3.63) is 53.6 Å². The van der Waals surface area contributed by atoms with Gasteiger partial charge in [0, 0.05) is 0 Å². The van der Waals surface area contributed by atoms with Crippen LogP contribution in [0.2, 0.25) is 0 Å². The van der Waals surface area contributed by atoms with Crippen LogP contribution in [-0.4, -0.2) is 33.7 Å². The summed E-state index contributed by atoms with van der Waals surface area (Å²) in [5, 5.41) is 2.19. The largest absolute Gasteiger partial charge is 0.495 e. The minimum absolute atomic E-state index is 0.113. The van der Waals surface area contributed by atoms with E-state index in [1.54, 1.807) is 19.1 Å². The second kappa shape index (κ2) is 8.32. The van der Waals surface area contributed by atoms with Gasteiger partial charge in [0.1, 0.15) is 11.8 Å². The lowest BCUT2D eigenvalue weighted by Crippen LogP contribution is -2.45. The molecule has 0 spiro atoms. The number of alkyl halides is 3. The molecule has 0 aliphatic carbocycles. The van der Waals surface area contributed by atoms with Gasteiger partial charge in [-0.3, -0.25) is 9.10 Å². The Morgan fingerprint density at radius 2 is 1.79 bits per heavy atom. The average Bonchev–Trinajstić information content (AvgIpc) is 2.60. The maximum absolute atomic E-state index is 13.2. The first-order chi connectivity index (χ1) is 13.4. The van der Waals surface area contributed by atoms with Crippen LogP contribution in [0.25, 0.3) is 0 Å². The van der Waals surface area contributed by atoms with Crippen LogP contribution in [0, 0.1) is 6.92 Å². The summed E-state index contributed by atoms with van der Waals surface area (Å²) < 4.78 is 70.5. The zero-order chi connectivity index (χ0) is 22.0. The van der Waals surface area contributed by atoms with Crippen molar-refractivity contribution in [1.29, 1.82) is 0 Å². The molecule has 1 atom stereocenters. The van der Waals surface area contributed by atoms with E-state index in [4.69, 9.17) is 4.74 Å². The fourth-order valence-corrected chi connectivity index (χ4v) is 4.00. The maximum Gasteiger partial charge on any atom is 0.418 e. The number of nitrogens with one attached hydrogen (secondary N) is 1. The second-order valence-electron chi connectivity index (χ2n) is 6.44. The third-order valence-electron chi connectivity index (χ3n) is 4.15. The van der Waals surface area contributed by atoms with E-state index in [-0.39, 0.29) is 11.4 Å². The summed E-state index contributed by atoms with van der Waals surface area (Å²) in [5.41, 5.74) is -0.660. The predicted molar refractivity (Wildman–Crippen MR) is 105 cm³/mol. The van der Waals surface area contributed by atoms with E-state index >= 15 is 0 Å². The highest BCUT2D eigenvalue weighted by molar-refractivity contribution is 7.92. The highest BCUT2D eigenvalue weighted by Gasteiger charge is 2.35. The molecule has 2 rings (SSSR count). The number of carbonyl (C=O) groups is 1. The Kier molecular flexibility index (Phi) is 6.46. The first kappa shape index (κ1) is 22.5. The molecule has 2 aromatic rings. The number of benzene rings is 2. The van der Waals surface area contributed by atoms with Crippen LogP contribution in [0.5, 0.6) is 5.75 Å². The molecule has 2 aromatic carbocycles. The average molecular weight is 430 g/mol. The van der Waals surface area contributed by atoms with Gasteiger partial charge >= 0.3 is 6.18 Å². The van der Waals surface area contributed by atoms with Crippen LogP contribution in [0.4, 0.5) is 24.5 Å². The number of methoxy groups -OCH3 is 1. The lowest BCUT2D eigenvalue weighted by atomic mass is 10.1. The van der Waals surface area contributed by atoms with E-state index < -0.39 is 39.4 Å². The Labute approximate surface area is 167 Å². The Morgan fingerprint density at radius 3 is 2.34 bits per heavy atom. The molecule has 158 valence electrons. The van der Waals surface area contributed by atoms with Gasteiger partial charge in [-0.15, -0.1) is 0 Å². The van der Waals surface area contributed by atoms with Crippen molar-refractivity contribution in [2.24, 2.45) is 0 Å². The molecular formula is C19H21F3N2O4S. The molecule has 1 N–H and O–H groups in total. The van der Waals surface area contributed by atoms with Crippen LogP contribution >= 0.6 is 0 Å². The van der Waals surface area contributed by atoms with Gasteiger partial charge in [0.05, 0.1) is 30.3 Å². The van der Waals surface area contributed by atoms with E-state index in [1.165, 1.54) is 32.2 Å². The van der Waals surface area contributed by atoms with Crippen molar-refractivity contribution in [2.45, 2.75) is 26.1 Å². The van der Waals surface area contributed by atoms with Crippen LogP contribution < -0.4 is 14.4 Å². The van der Waals surface area contributed by atoms with Gasteiger partial charge in [0.25, 0.3) is 0 Å². The van der Waals surface area contributed by atoms with Crippen molar-refractivity contribution >= 4 is 27.3 Å². The second-order valence-corrected chi connectivity index (χ2v) is 8.30. The molecule has 0 saturated heterocycles. The number of amides is 1. The van der Waals surface area contributed by atoms with Gasteiger partial charge in [-0.25, -0.2) is 8.42 Å². The molecule has 0 fully saturated rings. The Balaban J connectivity index is 2.46. The molecule has 0 aromatic heterocycles. The standard InChI is InChI=1S/C19H21F3N2O4S/c1-12-9-10-17(28-3)16(11-12)24(29(4,26)27)13(2)18(25)23-15-8-6-5-7-14(15)19(20,21)22/h5-11,13H,1-4H3,(H,23,25)/t13-/m0/s1. The van der Waals surface area contributed by atoms with Gasteiger partial charge in [0.2, 0.25) is 15.9 Å². The number of hydrogen-bond donors (Lipinski definition) is 1. The zero-order valence-corrected chi connectivity index (χ0v) is 17.1. The van der Waals surface area contributed by atoms with Gasteiger partial charge in [-0.05, 0) is 43.7 Å². The van der Waals surface area contributed by atoms with E-state index in [0.29, 0.717) is 5.56 Å². The summed E-state index contributed by atoms with van der Waals surface area (Å²) in [5.74, 6) is -0.716. The lowest BCUT2D eigenvalue weighted by molar-refractivity contribution is -0.137. The molecule has 0 unspecified atom stereocenters. The van der Waals surface area contributed by atoms with Gasteiger partial charge in [-0.1, -0.05) is 18.2 Å². The van der Waals surface area contributed by atoms with Gasteiger partial charge in [0.15, 0.2) is 0 Å². The monoisotopic (exact) mass is 430 g/mol. The molecule has 10 heteroatoms. The van der Waals surface area contributed by atoms with Crippen LogP contribution in [0.15, 0.2) is 42.5 Å². The molecule has 0 aliphatic rings. The number of ether oxygens (including phenoxy) is 1. The fraction of sp³-hybridized carbons (Fsp3) is 0.316. The van der Waals surface area contributed by atoms with Crippen molar-refractivity contribution in [3.8, 4) is 5.75 Å². The molecule has 0 saturated carbocycles. The smallest absolute Gasteiger partial charge is 0.418 e. The summed E-state index contributed by atoms with van der Waals surface area (Å²) in [7, 11) is -2.63. The van der Waals surface area contributed by atoms with E-state index in [9.17, 15) is 26.4 Å². The van der Waals surface area contributed by atoms with Crippen molar-refractivity contribution in [2.75, 3.05) is 23.0 Å². The van der Waals surface area contributed by atoms with Gasteiger partial charge < -0.3 is 10.1 Å². The predicted octanol–water partition coefficient (Wildman–Crippen LogP) is 3.82. The molecule has 29 heavy (non-hydrogen) atoms. The van der Waals surface area contributed by atoms with E-state index in [1.807, 2.05) is 0 Å². The van der Waals surface area contributed by atoms with Crippen LogP contribution in [0.3, 0.4) is 0 Å². The third-order valence-corrected chi connectivity index (χ3v) is 5.38. The topological polar surface area (TPSA) is 75.7 Å². The Morgan fingerprint density at radius 1 is 1.17 bits per heavy atom. The highest BCUT2D eigenvalue weighted by atomic mass is 32.2. The summed E-state index contributed by atoms with van der Waals surface area (Å²) in [6, 6.07) is 7.90. The first-order valence-electron chi connectivity index (χ1n) is 8.47. The molecule has 0 bridgehead atoms. The van der Waals surface area contributed by atoms with E-state index in [2.05, 4.69) is 5.32 Å². The number of sulfonamides is 1. The molecular weight excluding hydrogens is 409 g/mol. The normalized spacial score (nSPS) is 12.9. The quantitative estimate of drug-likeness (QED) is 0.756. The molecule has 0 heterocycles. The SMILES string of the molecule is COc1ccc(C)cc1N([C@@H](C)C(=O)Nc1ccccc1C(F)(F)F)S(C)(=O)=O. The van der Waals surface area contributed by atoms with Crippen LogP contribution in [-0.2, 0) is 21.0 Å². The maximum atomic E-state index is 13.2. The number of rotatable bonds is 6. The molecule has 6 nitrogen and oxygen atoms in total. The summed E-state index contributed by atoms with van der Waals surface area (Å²) in [6.45, 7) is 3.02. The first-order valence-corrected chi connectivity index (χ1v) is 10.3. The Hall–Kier alpha value is -2.75. The minimum atomic E-state index is -4.68. The van der Waals surface area contributed by atoms with Gasteiger partial charge in [-0.2, -0.15) is 13.2 Å². The molecule has 0 radical (unpaired) electrons. The zero-order valence-electron chi connectivity index (χ0n) is 16.2. The number of anilines is 2. The highest BCUT2D eigenvalue weighted by Crippen LogP contribution is 2.36. The number of carbonyl (C=O) groups excluding carboxylic acids is 1. The number of halogens is 3. The third kappa shape index (κ3) is 5.20. The molecule has 1 amide bonds. The van der Waals surface area contributed by atoms with Crippen molar-refractivity contribution < 1.29 is 31.1 Å². The summed E-state index contributed by atoms with van der Waals surface area (Å²) >= 11 is 0.